The van der Waals surface area contributed by atoms with Gasteiger partial charge in [0.2, 0.25) is 0 Å². The number of aliphatic carboxylic acids is 1. The van der Waals surface area contributed by atoms with Crippen molar-refractivity contribution in [1.82, 2.24) is 0 Å². The first-order valence-electron chi connectivity index (χ1n) is 5.31. The smallest absolute Gasteiger partial charge is 0.321 e. The van der Waals surface area contributed by atoms with E-state index in [4.69, 9.17) is 5.11 Å². The van der Waals surface area contributed by atoms with E-state index in [1.807, 2.05) is 0 Å². The lowest BCUT2D eigenvalue weighted by Crippen LogP contribution is -2.37. The predicted octanol–water partition coefficient (Wildman–Crippen LogP) is 1.45. The molecule has 1 aliphatic carbocycles. The molecule has 0 aromatic carbocycles. The maximum atomic E-state index is 11.9. The van der Waals surface area contributed by atoms with E-state index in [1.54, 1.807) is 0 Å². The zero-order chi connectivity index (χ0) is 11.6. The quantitative estimate of drug-likeness (QED) is 0.802. The highest BCUT2D eigenvalue weighted by atomic mass is 32.2. The number of carbonyl (C=O) groups is 1. The molecule has 1 rings (SSSR count). The van der Waals surface area contributed by atoms with Crippen molar-refractivity contribution in [2.75, 3.05) is 0 Å². The molecule has 0 heterocycles. The third-order valence-electron chi connectivity index (χ3n) is 3.27. The SMILES string of the molecule is CC1CCC(S(=O)(=O)C(C)C(=O)O)CC1. The molecule has 0 aromatic rings. The fraction of sp³-hybridized carbons (Fsp3) is 0.900. The summed E-state index contributed by atoms with van der Waals surface area (Å²) in [5.74, 6) is -0.676. The Morgan fingerprint density at radius 2 is 1.73 bits per heavy atom. The van der Waals surface area contributed by atoms with Crippen molar-refractivity contribution >= 4 is 15.8 Å². The van der Waals surface area contributed by atoms with Crippen LogP contribution in [0, 0.1) is 5.92 Å². The molecule has 1 aliphatic rings. The van der Waals surface area contributed by atoms with Crippen molar-refractivity contribution in [1.29, 1.82) is 0 Å². The second-order valence-electron chi connectivity index (χ2n) is 4.45. The molecule has 1 unspecified atom stereocenters. The van der Waals surface area contributed by atoms with Gasteiger partial charge in [0.25, 0.3) is 0 Å². The summed E-state index contributed by atoms with van der Waals surface area (Å²) in [6.07, 6.45) is 2.99. The summed E-state index contributed by atoms with van der Waals surface area (Å²) in [7, 11) is -3.48. The van der Waals surface area contributed by atoms with Gasteiger partial charge in [-0.3, -0.25) is 4.79 Å². The molecule has 5 heteroatoms. The molecule has 0 aromatic heterocycles. The normalized spacial score (nSPS) is 29.7. The fourth-order valence-corrected chi connectivity index (χ4v) is 3.77. The first-order valence-corrected chi connectivity index (χ1v) is 6.92. The second kappa shape index (κ2) is 4.51. The molecule has 15 heavy (non-hydrogen) atoms. The lowest BCUT2D eigenvalue weighted by atomic mass is 9.91. The number of hydrogen-bond acceptors (Lipinski definition) is 3. The summed E-state index contributed by atoms with van der Waals surface area (Å²) in [4.78, 5) is 10.7. The van der Waals surface area contributed by atoms with Crippen LogP contribution in [0.15, 0.2) is 0 Å². The van der Waals surface area contributed by atoms with Crippen molar-refractivity contribution in [3.8, 4) is 0 Å². The lowest BCUT2D eigenvalue weighted by Gasteiger charge is -2.27. The highest BCUT2D eigenvalue weighted by molar-refractivity contribution is 7.93. The largest absolute Gasteiger partial charge is 0.480 e. The van der Waals surface area contributed by atoms with Crippen LogP contribution in [0.25, 0.3) is 0 Å². The molecule has 1 atom stereocenters. The summed E-state index contributed by atoms with van der Waals surface area (Å²) < 4.78 is 23.7. The van der Waals surface area contributed by atoms with Crippen LogP contribution in [0.5, 0.6) is 0 Å². The average molecular weight is 234 g/mol. The first-order chi connectivity index (χ1) is 6.85. The van der Waals surface area contributed by atoms with Crippen molar-refractivity contribution in [2.45, 2.75) is 50.0 Å². The summed E-state index contributed by atoms with van der Waals surface area (Å²) in [6, 6.07) is 0. The van der Waals surface area contributed by atoms with Crippen LogP contribution in [0.2, 0.25) is 0 Å². The maximum Gasteiger partial charge on any atom is 0.321 e. The van der Waals surface area contributed by atoms with Crippen LogP contribution in [0.4, 0.5) is 0 Å². The van der Waals surface area contributed by atoms with Crippen LogP contribution < -0.4 is 0 Å². The van der Waals surface area contributed by atoms with Gasteiger partial charge in [0.1, 0.15) is 0 Å². The van der Waals surface area contributed by atoms with E-state index in [0.717, 1.165) is 12.8 Å². The molecular weight excluding hydrogens is 216 g/mol. The van der Waals surface area contributed by atoms with E-state index in [2.05, 4.69) is 6.92 Å². The van der Waals surface area contributed by atoms with E-state index < -0.39 is 26.3 Å². The van der Waals surface area contributed by atoms with Gasteiger partial charge in [-0.25, -0.2) is 8.42 Å². The molecule has 0 radical (unpaired) electrons. The Balaban J connectivity index is 2.74. The monoisotopic (exact) mass is 234 g/mol. The maximum absolute atomic E-state index is 11.9. The Hall–Kier alpha value is -0.580. The Kier molecular flexibility index (Phi) is 3.76. The minimum atomic E-state index is -3.48. The zero-order valence-corrected chi connectivity index (χ0v) is 9.96. The first kappa shape index (κ1) is 12.5. The van der Waals surface area contributed by atoms with Crippen LogP contribution >= 0.6 is 0 Å². The number of carboxylic acids is 1. The second-order valence-corrected chi connectivity index (χ2v) is 7.00. The van der Waals surface area contributed by atoms with Crippen molar-refractivity contribution in [3.63, 3.8) is 0 Å². The Bertz CT molecular complexity index is 325. The molecule has 1 fully saturated rings. The minimum Gasteiger partial charge on any atom is -0.480 e. The van der Waals surface area contributed by atoms with Crippen LogP contribution in [-0.4, -0.2) is 30.0 Å². The number of hydrogen-bond donors (Lipinski definition) is 1. The predicted molar refractivity (Wildman–Crippen MR) is 57.4 cm³/mol. The van der Waals surface area contributed by atoms with Crippen molar-refractivity contribution < 1.29 is 18.3 Å². The van der Waals surface area contributed by atoms with Gasteiger partial charge in [-0.05, 0) is 38.5 Å². The Morgan fingerprint density at radius 1 is 1.27 bits per heavy atom. The van der Waals surface area contributed by atoms with Crippen molar-refractivity contribution in [2.24, 2.45) is 5.92 Å². The van der Waals surface area contributed by atoms with E-state index in [-0.39, 0.29) is 0 Å². The molecule has 0 spiro atoms. The van der Waals surface area contributed by atoms with E-state index in [0.29, 0.717) is 18.8 Å². The molecule has 1 saturated carbocycles. The Morgan fingerprint density at radius 3 is 2.13 bits per heavy atom. The zero-order valence-electron chi connectivity index (χ0n) is 9.14. The van der Waals surface area contributed by atoms with Gasteiger partial charge in [0.05, 0.1) is 5.25 Å². The van der Waals surface area contributed by atoms with Gasteiger partial charge in [-0.2, -0.15) is 0 Å². The van der Waals surface area contributed by atoms with Gasteiger partial charge >= 0.3 is 5.97 Å². The van der Waals surface area contributed by atoms with E-state index in [1.165, 1.54) is 6.92 Å². The van der Waals surface area contributed by atoms with Gasteiger partial charge in [-0.15, -0.1) is 0 Å². The number of rotatable bonds is 3. The summed E-state index contributed by atoms with van der Waals surface area (Å²) in [5.41, 5.74) is 0. The number of carboxylic acid groups (broad SMARTS) is 1. The van der Waals surface area contributed by atoms with Crippen LogP contribution in [0.1, 0.15) is 39.5 Å². The topological polar surface area (TPSA) is 71.4 Å². The van der Waals surface area contributed by atoms with Gasteiger partial charge < -0.3 is 5.11 Å². The van der Waals surface area contributed by atoms with Gasteiger partial charge in [0.15, 0.2) is 15.1 Å². The van der Waals surface area contributed by atoms with Gasteiger partial charge in [0, 0.05) is 0 Å². The van der Waals surface area contributed by atoms with Crippen molar-refractivity contribution in [3.05, 3.63) is 0 Å². The molecule has 1 N–H and O–H groups in total. The average Bonchev–Trinajstić information content (AvgIpc) is 2.17. The summed E-state index contributed by atoms with van der Waals surface area (Å²) >= 11 is 0. The van der Waals surface area contributed by atoms with E-state index in [9.17, 15) is 13.2 Å². The molecular formula is C10H18O4S. The third-order valence-corrected chi connectivity index (χ3v) is 5.86. The lowest BCUT2D eigenvalue weighted by molar-refractivity contribution is -0.136. The van der Waals surface area contributed by atoms with E-state index >= 15 is 0 Å². The van der Waals surface area contributed by atoms with Crippen LogP contribution in [-0.2, 0) is 14.6 Å². The molecule has 0 aliphatic heterocycles. The molecule has 0 saturated heterocycles. The fourth-order valence-electron chi connectivity index (χ4n) is 1.99. The minimum absolute atomic E-state index is 0.445. The standard InChI is InChI=1S/C10H18O4S/c1-7-3-5-9(6-4-7)15(13,14)8(2)10(11)12/h7-9H,3-6H2,1-2H3,(H,11,12). The molecule has 4 nitrogen and oxygen atoms in total. The highest BCUT2D eigenvalue weighted by Gasteiger charge is 2.37. The summed E-state index contributed by atoms with van der Waals surface area (Å²) in [5, 5.41) is 7.01. The summed E-state index contributed by atoms with van der Waals surface area (Å²) in [6.45, 7) is 3.36. The Labute approximate surface area is 90.6 Å². The van der Waals surface area contributed by atoms with Crippen LogP contribution in [0.3, 0.4) is 0 Å². The number of sulfone groups is 1. The third kappa shape index (κ3) is 2.71. The molecule has 0 amide bonds. The highest BCUT2D eigenvalue weighted by Crippen LogP contribution is 2.29. The molecule has 0 bridgehead atoms. The molecule has 88 valence electrons. The van der Waals surface area contributed by atoms with Gasteiger partial charge in [-0.1, -0.05) is 6.92 Å².